The predicted molar refractivity (Wildman–Crippen MR) is 68.1 cm³/mol. The van der Waals surface area contributed by atoms with Crippen LogP contribution in [0.3, 0.4) is 0 Å². The van der Waals surface area contributed by atoms with Gasteiger partial charge in [-0.05, 0) is 65.2 Å². The van der Waals surface area contributed by atoms with Gasteiger partial charge in [0.25, 0.3) is 0 Å². The number of rotatable bonds is 3. The summed E-state index contributed by atoms with van der Waals surface area (Å²) in [5, 5.41) is 9.16. The molecule has 16 heavy (non-hydrogen) atoms. The molecule has 3 heteroatoms. The minimum Gasteiger partial charge on any atom is -0.495 e. The molecule has 0 aliphatic heterocycles. The van der Waals surface area contributed by atoms with Crippen molar-refractivity contribution in [2.24, 2.45) is 0 Å². The number of hydrogen-bond acceptors (Lipinski definition) is 2. The topological polar surface area (TPSA) is 29.5 Å². The fourth-order valence-electron chi connectivity index (χ4n) is 2.53. The van der Waals surface area contributed by atoms with Crippen molar-refractivity contribution in [2.75, 3.05) is 13.7 Å². The molecule has 0 bridgehead atoms. The summed E-state index contributed by atoms with van der Waals surface area (Å²) in [7, 11) is 1.69. The van der Waals surface area contributed by atoms with Crippen molar-refractivity contribution in [3.63, 3.8) is 0 Å². The third-order valence-corrected chi connectivity index (χ3v) is 3.82. The summed E-state index contributed by atoms with van der Waals surface area (Å²) in [4.78, 5) is 0. The number of hydrogen-bond donors (Lipinski definition) is 1. The molecular weight excluding hydrogens is 268 g/mol. The molecule has 1 aliphatic carbocycles. The second-order valence-electron chi connectivity index (χ2n) is 4.19. The fraction of sp³-hybridized carbons (Fsp3) is 0.538. The van der Waals surface area contributed by atoms with Crippen molar-refractivity contribution in [3.8, 4) is 5.75 Å². The zero-order valence-electron chi connectivity index (χ0n) is 9.55. The van der Waals surface area contributed by atoms with Crippen LogP contribution >= 0.6 is 15.9 Å². The Bertz CT molecular complexity index is 388. The smallest absolute Gasteiger partial charge is 0.136 e. The zero-order chi connectivity index (χ0) is 11.5. The van der Waals surface area contributed by atoms with Gasteiger partial charge >= 0.3 is 0 Å². The third-order valence-electron chi connectivity index (χ3n) is 3.23. The molecule has 0 atom stereocenters. The molecule has 2 rings (SSSR count). The lowest BCUT2D eigenvalue weighted by molar-refractivity contribution is 0.296. The maximum absolute atomic E-state index is 9.16. The van der Waals surface area contributed by atoms with Crippen LogP contribution in [0.1, 0.15) is 29.5 Å². The molecular formula is C13H17BrO2. The van der Waals surface area contributed by atoms with Crippen LogP contribution in [0.15, 0.2) is 10.5 Å². The van der Waals surface area contributed by atoms with Gasteiger partial charge in [-0.3, -0.25) is 0 Å². The summed E-state index contributed by atoms with van der Waals surface area (Å²) in [5.74, 6) is 0.898. The van der Waals surface area contributed by atoms with Gasteiger partial charge < -0.3 is 9.84 Å². The summed E-state index contributed by atoms with van der Waals surface area (Å²) in [6, 6.07) is 2.17. The minimum absolute atomic E-state index is 0.180. The largest absolute Gasteiger partial charge is 0.495 e. The summed E-state index contributed by atoms with van der Waals surface area (Å²) in [5.41, 5.74) is 4.01. The molecule has 0 heterocycles. The lowest BCUT2D eigenvalue weighted by Crippen LogP contribution is -2.10. The SMILES string of the molecule is COc1c(Br)cc2c(c1CCO)CCCC2. The van der Waals surface area contributed by atoms with Crippen molar-refractivity contribution < 1.29 is 9.84 Å². The van der Waals surface area contributed by atoms with E-state index < -0.39 is 0 Å². The van der Waals surface area contributed by atoms with Gasteiger partial charge in [0.1, 0.15) is 5.75 Å². The summed E-state index contributed by atoms with van der Waals surface area (Å²) < 4.78 is 6.45. The van der Waals surface area contributed by atoms with Crippen LogP contribution in [-0.2, 0) is 19.3 Å². The Balaban J connectivity index is 2.54. The lowest BCUT2D eigenvalue weighted by Gasteiger charge is -2.22. The predicted octanol–water partition coefficient (Wildman–Crippen LogP) is 2.87. The van der Waals surface area contributed by atoms with E-state index in [-0.39, 0.29) is 6.61 Å². The van der Waals surface area contributed by atoms with Crippen molar-refractivity contribution >= 4 is 15.9 Å². The number of aliphatic hydroxyl groups excluding tert-OH is 1. The number of benzene rings is 1. The van der Waals surface area contributed by atoms with Gasteiger partial charge in [-0.15, -0.1) is 0 Å². The Morgan fingerprint density at radius 1 is 1.38 bits per heavy atom. The first-order chi connectivity index (χ1) is 7.77. The van der Waals surface area contributed by atoms with Crippen molar-refractivity contribution in [3.05, 3.63) is 27.2 Å². The molecule has 1 aromatic rings. The van der Waals surface area contributed by atoms with Crippen LogP contribution < -0.4 is 4.74 Å². The van der Waals surface area contributed by atoms with Crippen LogP contribution in [-0.4, -0.2) is 18.8 Å². The van der Waals surface area contributed by atoms with Gasteiger partial charge in [-0.25, -0.2) is 0 Å². The molecule has 1 N–H and O–H groups in total. The Hall–Kier alpha value is -0.540. The second-order valence-corrected chi connectivity index (χ2v) is 5.04. The van der Waals surface area contributed by atoms with E-state index in [0.717, 1.165) is 23.1 Å². The number of methoxy groups -OCH3 is 1. The van der Waals surface area contributed by atoms with Gasteiger partial charge in [0, 0.05) is 12.2 Å². The van der Waals surface area contributed by atoms with E-state index in [9.17, 15) is 0 Å². The van der Waals surface area contributed by atoms with Gasteiger partial charge in [0.2, 0.25) is 0 Å². The quantitative estimate of drug-likeness (QED) is 0.925. The van der Waals surface area contributed by atoms with Crippen LogP contribution in [0, 0.1) is 0 Å². The van der Waals surface area contributed by atoms with Crippen molar-refractivity contribution in [1.82, 2.24) is 0 Å². The summed E-state index contributed by atoms with van der Waals surface area (Å²) >= 11 is 3.55. The first-order valence-corrected chi connectivity index (χ1v) is 6.55. The molecule has 1 aromatic carbocycles. The molecule has 0 radical (unpaired) electrons. The Labute approximate surface area is 105 Å². The molecule has 2 nitrogen and oxygen atoms in total. The van der Waals surface area contributed by atoms with Crippen LogP contribution in [0.5, 0.6) is 5.75 Å². The number of ether oxygens (including phenoxy) is 1. The van der Waals surface area contributed by atoms with E-state index >= 15 is 0 Å². The molecule has 0 unspecified atom stereocenters. The Kier molecular flexibility index (Phi) is 3.87. The third kappa shape index (κ3) is 2.11. The molecule has 0 amide bonds. The maximum atomic E-state index is 9.16. The van der Waals surface area contributed by atoms with E-state index in [1.165, 1.54) is 29.5 Å². The highest BCUT2D eigenvalue weighted by Crippen LogP contribution is 2.37. The van der Waals surface area contributed by atoms with E-state index in [1.807, 2.05) is 0 Å². The van der Waals surface area contributed by atoms with Gasteiger partial charge in [-0.1, -0.05) is 0 Å². The molecule has 1 aliphatic rings. The summed E-state index contributed by atoms with van der Waals surface area (Å²) in [6.45, 7) is 0.180. The lowest BCUT2D eigenvalue weighted by atomic mass is 9.87. The van der Waals surface area contributed by atoms with E-state index in [2.05, 4.69) is 22.0 Å². The summed E-state index contributed by atoms with van der Waals surface area (Å²) in [6.07, 6.45) is 5.47. The number of aryl methyl sites for hydroxylation is 1. The fourth-order valence-corrected chi connectivity index (χ4v) is 3.21. The maximum Gasteiger partial charge on any atom is 0.136 e. The van der Waals surface area contributed by atoms with E-state index in [4.69, 9.17) is 9.84 Å². The van der Waals surface area contributed by atoms with E-state index in [1.54, 1.807) is 7.11 Å². The van der Waals surface area contributed by atoms with Gasteiger partial charge in [0.15, 0.2) is 0 Å². The zero-order valence-corrected chi connectivity index (χ0v) is 11.1. The first kappa shape index (κ1) is 11.9. The first-order valence-electron chi connectivity index (χ1n) is 5.76. The number of fused-ring (bicyclic) bond motifs is 1. The second kappa shape index (κ2) is 5.19. The Morgan fingerprint density at radius 2 is 2.12 bits per heavy atom. The normalized spacial score (nSPS) is 14.7. The highest BCUT2D eigenvalue weighted by molar-refractivity contribution is 9.10. The number of halogens is 1. The standard InChI is InChI=1S/C13H17BrO2/c1-16-13-11(6-7-15)10-5-3-2-4-9(10)8-12(13)14/h8,15H,2-7H2,1H3. The highest BCUT2D eigenvalue weighted by Gasteiger charge is 2.19. The average molecular weight is 285 g/mol. The van der Waals surface area contributed by atoms with Crippen LogP contribution in [0.25, 0.3) is 0 Å². The van der Waals surface area contributed by atoms with E-state index in [0.29, 0.717) is 6.42 Å². The molecule has 88 valence electrons. The number of aliphatic hydroxyl groups is 1. The monoisotopic (exact) mass is 284 g/mol. The molecule has 0 saturated heterocycles. The molecule has 0 fully saturated rings. The highest BCUT2D eigenvalue weighted by atomic mass is 79.9. The van der Waals surface area contributed by atoms with Crippen LogP contribution in [0.4, 0.5) is 0 Å². The molecule has 0 saturated carbocycles. The Morgan fingerprint density at radius 3 is 2.81 bits per heavy atom. The average Bonchev–Trinajstić information content (AvgIpc) is 2.29. The molecule has 0 aromatic heterocycles. The van der Waals surface area contributed by atoms with Crippen LogP contribution in [0.2, 0.25) is 0 Å². The van der Waals surface area contributed by atoms with Gasteiger partial charge in [0.05, 0.1) is 11.6 Å². The minimum atomic E-state index is 0.180. The van der Waals surface area contributed by atoms with Crippen molar-refractivity contribution in [2.45, 2.75) is 32.1 Å². The van der Waals surface area contributed by atoms with Gasteiger partial charge in [-0.2, -0.15) is 0 Å². The van der Waals surface area contributed by atoms with Crippen molar-refractivity contribution in [1.29, 1.82) is 0 Å². The molecule has 0 spiro atoms.